The zero-order valence-electron chi connectivity index (χ0n) is 16.7. The van der Waals surface area contributed by atoms with Gasteiger partial charge in [-0.2, -0.15) is 27.9 Å². The van der Waals surface area contributed by atoms with E-state index >= 15 is 0 Å². The van der Waals surface area contributed by atoms with Gasteiger partial charge >= 0.3 is 12.1 Å². The summed E-state index contributed by atoms with van der Waals surface area (Å²) >= 11 is 0. The predicted octanol–water partition coefficient (Wildman–Crippen LogP) is 3.29. The van der Waals surface area contributed by atoms with Crippen molar-refractivity contribution in [2.24, 2.45) is 5.92 Å². The number of esters is 1. The van der Waals surface area contributed by atoms with Crippen LogP contribution in [0.1, 0.15) is 37.8 Å². The second-order valence-electron chi connectivity index (χ2n) is 7.66. The molecule has 2 aromatic heterocycles. The summed E-state index contributed by atoms with van der Waals surface area (Å²) in [4.78, 5) is 15.7. The van der Waals surface area contributed by atoms with Gasteiger partial charge in [-0.25, -0.2) is 9.18 Å². The number of nitrogens with zero attached hydrogens (tertiary/aromatic N) is 4. The number of benzene rings is 1. The lowest BCUT2D eigenvalue weighted by Gasteiger charge is -2.10. The third-order valence-corrected chi connectivity index (χ3v) is 5.02. The van der Waals surface area contributed by atoms with Gasteiger partial charge in [0.25, 0.3) is 5.95 Å². The molecule has 166 valence electrons. The van der Waals surface area contributed by atoms with E-state index in [2.05, 4.69) is 25.3 Å². The van der Waals surface area contributed by atoms with E-state index < -0.39 is 23.7 Å². The molecule has 0 bridgehead atoms. The van der Waals surface area contributed by atoms with E-state index in [0.29, 0.717) is 18.2 Å². The summed E-state index contributed by atoms with van der Waals surface area (Å²) in [7, 11) is 0. The molecule has 31 heavy (non-hydrogen) atoms. The highest BCUT2D eigenvalue weighted by molar-refractivity contribution is 5.92. The molecule has 1 saturated heterocycles. The van der Waals surface area contributed by atoms with E-state index in [4.69, 9.17) is 4.52 Å². The lowest BCUT2D eigenvalue weighted by Crippen LogP contribution is -2.28. The zero-order valence-corrected chi connectivity index (χ0v) is 16.7. The quantitative estimate of drug-likeness (QED) is 0.369. The Morgan fingerprint density at radius 1 is 1.39 bits per heavy atom. The van der Waals surface area contributed by atoms with Gasteiger partial charge in [0.1, 0.15) is 17.1 Å². The Balaban J connectivity index is 1.79. The van der Waals surface area contributed by atoms with E-state index in [1.807, 2.05) is 0 Å². The Hall–Kier alpha value is -3.02. The summed E-state index contributed by atoms with van der Waals surface area (Å²) in [6.07, 6.45) is -3.71. The second kappa shape index (κ2) is 7.91. The molecule has 0 radical (unpaired) electrons. The fourth-order valence-electron chi connectivity index (χ4n) is 3.55. The molecule has 8 nitrogen and oxygen atoms in total. The number of aromatic nitrogens is 4. The zero-order chi connectivity index (χ0) is 22.3. The number of hydrogen-bond acceptors (Lipinski definition) is 7. The molecular weight excluding hydrogens is 422 g/mol. The van der Waals surface area contributed by atoms with Gasteiger partial charge in [-0.05, 0) is 48.6 Å². The number of nitrogens with one attached hydrogen (secondary N) is 1. The van der Waals surface area contributed by atoms with Crippen LogP contribution in [-0.2, 0) is 11.2 Å². The number of rotatable bonds is 5. The average Bonchev–Trinajstić information content (AvgIpc) is 3.43. The Labute approximate surface area is 173 Å². The molecular formula is C19H19F4N5O3. The molecule has 0 amide bonds. The minimum Gasteiger partial charge on any atom is -0.419 e. The van der Waals surface area contributed by atoms with Gasteiger partial charge in [-0.1, -0.05) is 13.8 Å². The molecule has 0 spiro atoms. The summed E-state index contributed by atoms with van der Waals surface area (Å²) in [5.74, 6) is -3.35. The van der Waals surface area contributed by atoms with Crippen LogP contribution in [-0.4, -0.2) is 45.2 Å². The smallest absolute Gasteiger partial charge is 0.419 e. The summed E-state index contributed by atoms with van der Waals surface area (Å²) in [6.45, 7) is 5.17. The van der Waals surface area contributed by atoms with Crippen LogP contribution in [0.2, 0.25) is 0 Å². The second-order valence-corrected chi connectivity index (χ2v) is 7.66. The third-order valence-electron chi connectivity index (χ3n) is 5.02. The maximum atomic E-state index is 14.8. The number of carbonyl (C=O) groups is 1. The van der Waals surface area contributed by atoms with Crippen molar-refractivity contribution in [1.29, 1.82) is 0 Å². The number of ether oxygens (including phenoxy) is 1. The van der Waals surface area contributed by atoms with Crippen LogP contribution in [0, 0.1) is 11.7 Å². The average molecular weight is 441 g/mol. The highest BCUT2D eigenvalue weighted by atomic mass is 19.4. The lowest BCUT2D eigenvalue weighted by molar-refractivity contribution is -0.189. The third kappa shape index (κ3) is 4.11. The van der Waals surface area contributed by atoms with Gasteiger partial charge in [-0.3, -0.25) is 0 Å². The maximum absolute atomic E-state index is 14.8. The van der Waals surface area contributed by atoms with Crippen molar-refractivity contribution in [1.82, 2.24) is 25.2 Å². The molecule has 0 aliphatic carbocycles. The van der Waals surface area contributed by atoms with E-state index in [-0.39, 0.29) is 28.5 Å². The highest BCUT2D eigenvalue weighted by Crippen LogP contribution is 2.36. The molecule has 12 heteroatoms. The number of halogens is 4. The van der Waals surface area contributed by atoms with Crippen molar-refractivity contribution in [3.05, 3.63) is 29.5 Å². The first-order valence-electron chi connectivity index (χ1n) is 9.69. The van der Waals surface area contributed by atoms with Crippen LogP contribution in [0.4, 0.5) is 17.6 Å². The molecule has 0 saturated carbocycles. The van der Waals surface area contributed by atoms with E-state index in [1.165, 1.54) is 0 Å². The van der Waals surface area contributed by atoms with Gasteiger partial charge in [-0.15, -0.1) is 0 Å². The molecule has 1 aromatic carbocycles. The number of carbonyl (C=O) groups excluding carboxylic acids is 1. The first kappa shape index (κ1) is 21.2. The topological polar surface area (TPSA) is 95.1 Å². The van der Waals surface area contributed by atoms with Crippen molar-refractivity contribution >= 4 is 16.9 Å². The van der Waals surface area contributed by atoms with Gasteiger partial charge in [0.15, 0.2) is 0 Å². The Bertz CT molecular complexity index is 1120. The van der Waals surface area contributed by atoms with Crippen molar-refractivity contribution in [3.8, 4) is 11.7 Å². The molecule has 1 fully saturated rings. The molecule has 3 aromatic rings. The summed E-state index contributed by atoms with van der Waals surface area (Å²) in [5.41, 5.74) is 0.0249. The van der Waals surface area contributed by atoms with E-state index in [0.717, 1.165) is 36.3 Å². The van der Waals surface area contributed by atoms with Crippen molar-refractivity contribution in [3.63, 3.8) is 0 Å². The molecule has 1 aliphatic heterocycles. The maximum Gasteiger partial charge on any atom is 0.491 e. The van der Waals surface area contributed by atoms with Crippen molar-refractivity contribution in [2.45, 2.75) is 38.8 Å². The van der Waals surface area contributed by atoms with Crippen LogP contribution in [0.5, 0.6) is 5.75 Å². The molecule has 1 aliphatic rings. The van der Waals surface area contributed by atoms with Crippen LogP contribution in [0.3, 0.4) is 0 Å². The van der Waals surface area contributed by atoms with Crippen LogP contribution < -0.4 is 10.1 Å². The van der Waals surface area contributed by atoms with Gasteiger partial charge < -0.3 is 14.6 Å². The van der Waals surface area contributed by atoms with Gasteiger partial charge in [0.2, 0.25) is 5.89 Å². The summed E-state index contributed by atoms with van der Waals surface area (Å²) < 4.78 is 63.8. The monoisotopic (exact) mass is 441 g/mol. The standard InChI is InChI=1S/C19H19F4N5O3/c1-9(2)15-14-12(30-17(29)19(21,22)23)4-3-11(20)16(14)28(26-15)18-25-13(31-27-18)7-10-5-6-24-8-10/h3-4,9-10,24H,5-8H2,1-2H3/t10-/m0/s1. The van der Waals surface area contributed by atoms with Crippen molar-refractivity contribution in [2.75, 3.05) is 13.1 Å². The minimum absolute atomic E-state index is 0.0565. The number of fused-ring (bicyclic) bond motifs is 1. The molecule has 4 rings (SSSR count). The Morgan fingerprint density at radius 3 is 2.81 bits per heavy atom. The van der Waals surface area contributed by atoms with Gasteiger partial charge in [0.05, 0.1) is 11.1 Å². The largest absolute Gasteiger partial charge is 0.491 e. The highest BCUT2D eigenvalue weighted by Gasteiger charge is 2.42. The SMILES string of the molecule is CC(C)c1nn(-c2noc(C[C@@H]3CCNC3)n2)c2c(F)ccc(OC(=O)C(F)(F)F)c12. The van der Waals surface area contributed by atoms with E-state index in [9.17, 15) is 22.4 Å². The normalized spacial score (nSPS) is 17.1. The summed E-state index contributed by atoms with van der Waals surface area (Å²) in [5, 5.41) is 11.3. The Kier molecular flexibility index (Phi) is 5.42. The summed E-state index contributed by atoms with van der Waals surface area (Å²) in [6, 6.07) is 1.86. The minimum atomic E-state index is -5.20. The van der Waals surface area contributed by atoms with Crippen LogP contribution in [0.15, 0.2) is 16.7 Å². The predicted molar refractivity (Wildman–Crippen MR) is 99.3 cm³/mol. The molecule has 0 unspecified atom stereocenters. The van der Waals surface area contributed by atoms with Crippen LogP contribution >= 0.6 is 0 Å². The molecule has 1 atom stereocenters. The first-order chi connectivity index (χ1) is 14.6. The molecule has 1 N–H and O–H groups in total. The van der Waals surface area contributed by atoms with Crippen molar-refractivity contribution < 1.29 is 31.6 Å². The van der Waals surface area contributed by atoms with E-state index in [1.54, 1.807) is 13.8 Å². The fourth-order valence-corrected chi connectivity index (χ4v) is 3.55. The van der Waals surface area contributed by atoms with Crippen LogP contribution in [0.25, 0.3) is 16.9 Å². The van der Waals surface area contributed by atoms with Gasteiger partial charge in [0, 0.05) is 6.42 Å². The number of alkyl halides is 3. The lowest BCUT2D eigenvalue weighted by atomic mass is 10.1. The fraction of sp³-hybridized carbons (Fsp3) is 0.474. The Morgan fingerprint density at radius 2 is 2.16 bits per heavy atom. The first-order valence-corrected chi connectivity index (χ1v) is 9.69. The molecule has 3 heterocycles. The number of hydrogen-bond donors (Lipinski definition) is 1.